The van der Waals surface area contributed by atoms with Crippen LogP contribution in [0.15, 0.2) is 70.7 Å². The molecular weight excluding hydrogens is 356 g/mol. The lowest BCUT2D eigenvalue weighted by molar-refractivity contribution is -0.130. The van der Waals surface area contributed by atoms with Crippen LogP contribution in [0, 0.1) is 0 Å². The lowest BCUT2D eigenvalue weighted by atomic mass is 9.99. The van der Waals surface area contributed by atoms with Gasteiger partial charge in [-0.15, -0.1) is 0 Å². The fourth-order valence-electron chi connectivity index (χ4n) is 3.31. The summed E-state index contributed by atoms with van der Waals surface area (Å²) in [6.45, 7) is 0. The maximum Gasteiger partial charge on any atom is 0.347 e. The number of hydrogen-bond donors (Lipinski definition) is 0. The fourth-order valence-corrected chi connectivity index (χ4v) is 3.31. The smallest absolute Gasteiger partial charge is 0.347 e. The number of fused-ring (bicyclic) bond motifs is 2. The summed E-state index contributed by atoms with van der Waals surface area (Å²) in [5.41, 5.74) is 2.46. The second kappa shape index (κ2) is 6.06. The number of ether oxygens (including phenoxy) is 1. The maximum atomic E-state index is 12.7. The predicted molar refractivity (Wildman–Crippen MR) is 103 cm³/mol. The molecule has 28 heavy (non-hydrogen) atoms. The van der Waals surface area contributed by atoms with E-state index in [-0.39, 0.29) is 17.1 Å². The molecule has 6 nitrogen and oxygen atoms in total. The highest BCUT2D eigenvalue weighted by Crippen LogP contribution is 2.30. The highest BCUT2D eigenvalue weighted by Gasteiger charge is 2.31. The molecule has 0 fully saturated rings. The highest BCUT2D eigenvalue weighted by molar-refractivity contribution is 6.30. The van der Waals surface area contributed by atoms with Gasteiger partial charge < -0.3 is 13.7 Å². The largest absolute Gasteiger partial charge is 0.437 e. The number of furan rings is 1. The zero-order chi connectivity index (χ0) is 19.3. The van der Waals surface area contributed by atoms with Gasteiger partial charge in [0.15, 0.2) is 0 Å². The molecule has 0 N–H and O–H groups in total. The summed E-state index contributed by atoms with van der Waals surface area (Å²) in [7, 11) is 1.89. The topological polar surface area (TPSA) is 74.3 Å². The Labute approximate surface area is 159 Å². The first-order valence-electron chi connectivity index (χ1n) is 8.71. The molecule has 0 bridgehead atoms. The minimum atomic E-state index is -0.693. The van der Waals surface area contributed by atoms with Gasteiger partial charge in [-0.25, -0.2) is 4.79 Å². The van der Waals surface area contributed by atoms with Gasteiger partial charge in [0, 0.05) is 18.7 Å². The Hall–Kier alpha value is -3.93. The minimum Gasteiger partial charge on any atom is -0.437 e. The number of imidazole rings is 1. The van der Waals surface area contributed by atoms with Gasteiger partial charge in [-0.05, 0) is 18.2 Å². The van der Waals surface area contributed by atoms with Crippen LogP contribution in [0.3, 0.4) is 0 Å². The number of aryl methyl sites for hydroxylation is 1. The molecule has 1 aliphatic heterocycles. The average molecular weight is 370 g/mol. The van der Waals surface area contributed by atoms with Crippen molar-refractivity contribution in [3.8, 4) is 17.1 Å². The molecule has 0 saturated heterocycles. The third kappa shape index (κ3) is 2.46. The summed E-state index contributed by atoms with van der Waals surface area (Å²) in [6.07, 6.45) is 1.41. The van der Waals surface area contributed by atoms with Crippen molar-refractivity contribution in [2.45, 2.75) is 0 Å². The van der Waals surface area contributed by atoms with Gasteiger partial charge in [0.1, 0.15) is 28.4 Å². The molecule has 0 atom stereocenters. The van der Waals surface area contributed by atoms with E-state index in [2.05, 4.69) is 4.98 Å². The number of carbonyl (C=O) groups excluding carboxylic acids is 2. The quantitative estimate of drug-likeness (QED) is 0.231. The lowest BCUT2D eigenvalue weighted by Gasteiger charge is -2.15. The fraction of sp³-hybridized carbons (Fsp3) is 0.0455. The summed E-state index contributed by atoms with van der Waals surface area (Å²) in [4.78, 5) is 29.5. The van der Waals surface area contributed by atoms with E-state index in [0.717, 1.165) is 16.9 Å². The van der Waals surface area contributed by atoms with Crippen LogP contribution in [0.5, 0.6) is 5.75 Å². The number of para-hydroxylation sites is 1. The van der Waals surface area contributed by atoms with Crippen LogP contribution in [0.4, 0.5) is 0 Å². The van der Waals surface area contributed by atoms with E-state index in [1.807, 2.05) is 41.9 Å². The molecule has 6 heteroatoms. The molecule has 0 radical (unpaired) electrons. The van der Waals surface area contributed by atoms with Crippen LogP contribution in [0.1, 0.15) is 16.1 Å². The molecule has 0 saturated carbocycles. The molecule has 0 aliphatic carbocycles. The third-order valence-corrected chi connectivity index (χ3v) is 4.72. The number of ketones is 1. The number of carbonyl (C=O) groups is 2. The van der Waals surface area contributed by atoms with Crippen LogP contribution in [0.2, 0.25) is 0 Å². The number of rotatable bonds is 2. The van der Waals surface area contributed by atoms with Gasteiger partial charge in [0.2, 0.25) is 11.5 Å². The van der Waals surface area contributed by atoms with Crippen molar-refractivity contribution in [3.05, 3.63) is 77.6 Å². The number of Topliss-reactive ketones (excluding diaryl/α,β-unsaturated/α-hetero) is 1. The van der Waals surface area contributed by atoms with Crippen molar-refractivity contribution in [1.29, 1.82) is 0 Å². The van der Waals surface area contributed by atoms with E-state index in [1.165, 1.54) is 6.08 Å². The molecule has 0 spiro atoms. The van der Waals surface area contributed by atoms with E-state index in [4.69, 9.17) is 9.15 Å². The first kappa shape index (κ1) is 16.3. The van der Waals surface area contributed by atoms with Gasteiger partial charge in [-0.2, -0.15) is 4.98 Å². The summed E-state index contributed by atoms with van der Waals surface area (Å²) in [6, 6.07) is 18.2. The predicted octanol–water partition coefficient (Wildman–Crippen LogP) is 4.02. The Bertz CT molecular complexity index is 1280. The first-order valence-corrected chi connectivity index (χ1v) is 8.71. The van der Waals surface area contributed by atoms with Crippen molar-refractivity contribution in [2.24, 2.45) is 7.05 Å². The van der Waals surface area contributed by atoms with Crippen molar-refractivity contribution >= 4 is 29.1 Å². The number of esters is 1. The lowest BCUT2D eigenvalue weighted by Crippen LogP contribution is -2.24. The molecule has 2 aromatic heterocycles. The third-order valence-electron chi connectivity index (χ3n) is 4.72. The number of hydrogen-bond acceptors (Lipinski definition) is 5. The van der Waals surface area contributed by atoms with Gasteiger partial charge in [0.05, 0.1) is 5.56 Å². The van der Waals surface area contributed by atoms with Crippen molar-refractivity contribution in [3.63, 3.8) is 0 Å². The van der Waals surface area contributed by atoms with E-state index >= 15 is 0 Å². The van der Waals surface area contributed by atoms with Crippen LogP contribution < -0.4 is 4.74 Å². The van der Waals surface area contributed by atoms with Crippen molar-refractivity contribution in [1.82, 2.24) is 9.55 Å². The molecule has 0 unspecified atom stereocenters. The summed E-state index contributed by atoms with van der Waals surface area (Å²) < 4.78 is 12.9. The van der Waals surface area contributed by atoms with Crippen LogP contribution in [-0.4, -0.2) is 21.3 Å². The molecule has 136 valence electrons. The molecule has 1 aliphatic rings. The van der Waals surface area contributed by atoms with Gasteiger partial charge in [-0.3, -0.25) is 4.79 Å². The van der Waals surface area contributed by atoms with Crippen molar-refractivity contribution < 1.29 is 18.7 Å². The highest BCUT2D eigenvalue weighted by atomic mass is 16.5. The normalized spacial score (nSPS) is 15.1. The molecular formula is C22H14N2O4. The van der Waals surface area contributed by atoms with Gasteiger partial charge in [-0.1, -0.05) is 42.5 Å². The number of aromatic nitrogens is 2. The van der Waals surface area contributed by atoms with E-state index in [0.29, 0.717) is 17.0 Å². The van der Waals surface area contributed by atoms with E-state index in [9.17, 15) is 9.59 Å². The molecule has 2 aromatic carbocycles. The summed E-state index contributed by atoms with van der Waals surface area (Å²) >= 11 is 0. The van der Waals surface area contributed by atoms with Crippen LogP contribution in [-0.2, 0) is 11.8 Å². The number of benzene rings is 2. The SMILES string of the molecule is Cn1c(-c2ccccc2)nc2oc(/C=C3\C(=O)Oc4ccccc4C3=O)cc21. The average Bonchev–Trinajstić information content (AvgIpc) is 3.24. The standard InChI is InChI=1S/C22H14N2O4/c1-24-17-12-14(27-21(17)23-20(24)13-7-3-2-4-8-13)11-16-19(25)15-9-5-6-10-18(15)28-22(16)26/h2-12H,1H3/b16-11-. The first-order chi connectivity index (χ1) is 13.6. The minimum absolute atomic E-state index is 0.0685. The number of nitrogens with zero attached hydrogens (tertiary/aromatic N) is 2. The molecule has 5 rings (SSSR count). The summed E-state index contributed by atoms with van der Waals surface area (Å²) in [5.74, 6) is 0.337. The van der Waals surface area contributed by atoms with E-state index in [1.54, 1.807) is 30.3 Å². The Morgan fingerprint density at radius 1 is 1.00 bits per heavy atom. The van der Waals surface area contributed by atoms with Crippen molar-refractivity contribution in [2.75, 3.05) is 0 Å². The monoisotopic (exact) mass is 370 g/mol. The molecule has 4 aromatic rings. The molecule has 0 amide bonds. The Morgan fingerprint density at radius 3 is 2.54 bits per heavy atom. The second-order valence-corrected chi connectivity index (χ2v) is 6.47. The van der Waals surface area contributed by atoms with Gasteiger partial charge in [0.25, 0.3) is 0 Å². The molecule has 3 heterocycles. The van der Waals surface area contributed by atoms with Crippen LogP contribution >= 0.6 is 0 Å². The Kier molecular flexibility index (Phi) is 3.52. The zero-order valence-corrected chi connectivity index (χ0v) is 14.9. The Balaban J connectivity index is 1.56. The second-order valence-electron chi connectivity index (χ2n) is 6.47. The maximum absolute atomic E-state index is 12.7. The van der Waals surface area contributed by atoms with Gasteiger partial charge >= 0.3 is 5.97 Å². The van der Waals surface area contributed by atoms with E-state index < -0.39 is 5.97 Å². The summed E-state index contributed by atoms with van der Waals surface area (Å²) in [5, 5.41) is 0. The van der Waals surface area contributed by atoms with Crippen LogP contribution in [0.25, 0.3) is 28.7 Å². The Morgan fingerprint density at radius 2 is 1.75 bits per heavy atom. The zero-order valence-electron chi connectivity index (χ0n) is 14.9.